The third-order valence-corrected chi connectivity index (χ3v) is 6.13. The van der Waals surface area contributed by atoms with Gasteiger partial charge in [0.15, 0.2) is 5.78 Å². The zero-order valence-electron chi connectivity index (χ0n) is 19.7. The van der Waals surface area contributed by atoms with Gasteiger partial charge in [0.1, 0.15) is 17.3 Å². The van der Waals surface area contributed by atoms with Crippen LogP contribution in [0.4, 0.5) is 9.18 Å². The molecular weight excluding hydrogens is 439 g/mol. The summed E-state index contributed by atoms with van der Waals surface area (Å²) in [7, 11) is 0. The fraction of sp³-hybridized carbons (Fsp3) is 0.308. The number of rotatable bonds is 4. The van der Waals surface area contributed by atoms with E-state index >= 15 is 0 Å². The van der Waals surface area contributed by atoms with E-state index in [9.17, 15) is 24.2 Å². The number of carboxylic acid groups (broad SMARTS) is 1. The molecule has 8 heteroatoms. The summed E-state index contributed by atoms with van der Waals surface area (Å²) in [6.45, 7) is 8.58. The number of carbonyl (C=O) groups is 2. The van der Waals surface area contributed by atoms with Crippen LogP contribution in [-0.2, 0) is 10.4 Å². The smallest absolute Gasteiger partial charge is 0.411 e. The number of ketones is 1. The second kappa shape index (κ2) is 8.29. The Bertz CT molecular complexity index is 1240. The molecule has 0 saturated heterocycles. The van der Waals surface area contributed by atoms with Crippen LogP contribution < -0.4 is 4.74 Å². The molecule has 2 aliphatic rings. The third-order valence-electron chi connectivity index (χ3n) is 6.13. The second-order valence-corrected chi connectivity index (χ2v) is 9.25. The molecule has 0 spiro atoms. The molecule has 2 aromatic rings. The minimum atomic E-state index is -1.18. The average molecular weight is 467 g/mol. The van der Waals surface area contributed by atoms with Crippen molar-refractivity contribution < 1.29 is 28.9 Å². The SMILES string of the molecule is Cc1cc(F)cc(C)c1Oc1ccc(C(C)(C)O)cc1C1=CN(C(=O)O)CC2=CC(=O)C(C)N21. The normalized spacial score (nSPS) is 18.0. The number of halogens is 1. The van der Waals surface area contributed by atoms with E-state index in [4.69, 9.17) is 4.74 Å². The van der Waals surface area contributed by atoms with Crippen LogP contribution in [0.3, 0.4) is 0 Å². The van der Waals surface area contributed by atoms with Gasteiger partial charge in [-0.3, -0.25) is 9.69 Å². The Labute approximate surface area is 197 Å². The van der Waals surface area contributed by atoms with Crippen molar-refractivity contribution in [3.63, 3.8) is 0 Å². The number of hydrogen-bond donors (Lipinski definition) is 2. The number of nitrogens with zero attached hydrogens (tertiary/aromatic N) is 2. The van der Waals surface area contributed by atoms with Gasteiger partial charge in [-0.15, -0.1) is 0 Å². The van der Waals surface area contributed by atoms with Crippen LogP contribution in [0.5, 0.6) is 11.5 Å². The fourth-order valence-corrected chi connectivity index (χ4v) is 4.34. The summed E-state index contributed by atoms with van der Waals surface area (Å²) in [5.74, 6) is 0.368. The summed E-state index contributed by atoms with van der Waals surface area (Å²) in [6, 6.07) is 7.37. The maximum absolute atomic E-state index is 13.8. The molecule has 0 aromatic heterocycles. The molecule has 4 rings (SSSR count). The Hall–Kier alpha value is -3.65. The Morgan fingerprint density at radius 1 is 1.18 bits per heavy atom. The molecule has 2 heterocycles. The van der Waals surface area contributed by atoms with Crippen LogP contribution in [0.25, 0.3) is 5.70 Å². The summed E-state index contributed by atoms with van der Waals surface area (Å²) in [6.07, 6.45) is 1.77. The molecule has 7 nitrogen and oxygen atoms in total. The molecule has 2 aliphatic heterocycles. The molecule has 0 aliphatic carbocycles. The van der Waals surface area contributed by atoms with E-state index in [0.29, 0.717) is 45.1 Å². The highest BCUT2D eigenvalue weighted by molar-refractivity contribution is 6.00. The van der Waals surface area contributed by atoms with Crippen molar-refractivity contribution in [3.8, 4) is 11.5 Å². The lowest BCUT2D eigenvalue weighted by molar-refractivity contribution is -0.116. The fourth-order valence-electron chi connectivity index (χ4n) is 4.34. The van der Waals surface area contributed by atoms with Crippen LogP contribution in [0, 0.1) is 19.7 Å². The maximum atomic E-state index is 13.8. The van der Waals surface area contributed by atoms with E-state index < -0.39 is 17.7 Å². The lowest BCUT2D eigenvalue weighted by Gasteiger charge is -2.37. The van der Waals surface area contributed by atoms with Crippen LogP contribution in [0.15, 0.2) is 48.3 Å². The molecule has 2 N–H and O–H groups in total. The van der Waals surface area contributed by atoms with Gasteiger partial charge in [-0.1, -0.05) is 6.07 Å². The lowest BCUT2D eigenvalue weighted by atomic mass is 9.94. The molecule has 1 unspecified atom stereocenters. The molecule has 1 amide bonds. The first-order chi connectivity index (χ1) is 15.9. The first-order valence-corrected chi connectivity index (χ1v) is 10.9. The van der Waals surface area contributed by atoms with E-state index in [0.717, 1.165) is 4.90 Å². The van der Waals surface area contributed by atoms with Gasteiger partial charge in [0.2, 0.25) is 0 Å². The number of fused-ring (bicyclic) bond motifs is 1. The number of carbonyl (C=O) groups excluding carboxylic acids is 1. The molecule has 2 aromatic carbocycles. The number of benzene rings is 2. The summed E-state index contributed by atoms with van der Waals surface area (Å²) >= 11 is 0. The minimum Gasteiger partial charge on any atom is -0.465 e. The van der Waals surface area contributed by atoms with Crippen LogP contribution in [0.2, 0.25) is 0 Å². The Kier molecular flexibility index (Phi) is 5.73. The quantitative estimate of drug-likeness (QED) is 0.665. The predicted molar refractivity (Wildman–Crippen MR) is 125 cm³/mol. The standard InChI is InChI=1S/C26H27FN2O5/c1-14-8-18(27)9-15(2)24(14)34-23-7-6-17(26(4,5)33)10-20(23)21-13-28(25(31)32)12-19-11-22(30)16(3)29(19)21/h6-11,13,16,33H,12H2,1-5H3,(H,31,32). The number of aryl methyl sites for hydroxylation is 2. The molecule has 1 atom stereocenters. The topological polar surface area (TPSA) is 90.3 Å². The van der Waals surface area contributed by atoms with Crippen molar-refractivity contribution in [1.82, 2.24) is 9.80 Å². The average Bonchev–Trinajstić information content (AvgIpc) is 3.03. The first kappa shape index (κ1) is 23.5. The monoisotopic (exact) mass is 466 g/mol. The van der Waals surface area contributed by atoms with Gasteiger partial charge in [-0.25, -0.2) is 9.18 Å². The lowest BCUT2D eigenvalue weighted by Crippen LogP contribution is -2.40. The van der Waals surface area contributed by atoms with E-state index in [1.54, 1.807) is 57.7 Å². The molecule has 0 radical (unpaired) electrons. The maximum Gasteiger partial charge on any atom is 0.411 e. The second-order valence-electron chi connectivity index (χ2n) is 9.25. The van der Waals surface area contributed by atoms with Gasteiger partial charge in [0, 0.05) is 23.5 Å². The van der Waals surface area contributed by atoms with Gasteiger partial charge in [0.25, 0.3) is 0 Å². The Balaban J connectivity index is 1.92. The van der Waals surface area contributed by atoms with Gasteiger partial charge >= 0.3 is 6.09 Å². The van der Waals surface area contributed by atoms with E-state index in [1.807, 2.05) is 0 Å². The third kappa shape index (κ3) is 4.17. The molecule has 0 bridgehead atoms. The summed E-state index contributed by atoms with van der Waals surface area (Å²) in [5, 5.41) is 20.3. The number of aliphatic hydroxyl groups is 1. The van der Waals surface area contributed by atoms with Gasteiger partial charge in [0.05, 0.1) is 23.9 Å². The van der Waals surface area contributed by atoms with Crippen molar-refractivity contribution in [2.75, 3.05) is 6.54 Å². The molecule has 0 fully saturated rings. The van der Waals surface area contributed by atoms with E-state index in [-0.39, 0.29) is 18.1 Å². The number of amides is 1. The highest BCUT2D eigenvalue weighted by atomic mass is 19.1. The van der Waals surface area contributed by atoms with Gasteiger partial charge in [-0.05, 0) is 75.6 Å². The minimum absolute atomic E-state index is 0.0481. The highest BCUT2D eigenvalue weighted by Crippen LogP contribution is 2.42. The first-order valence-electron chi connectivity index (χ1n) is 10.9. The predicted octanol–water partition coefficient (Wildman–Crippen LogP) is 4.91. The van der Waals surface area contributed by atoms with Crippen LogP contribution in [0.1, 0.15) is 43.0 Å². The molecule has 34 heavy (non-hydrogen) atoms. The Morgan fingerprint density at radius 3 is 2.41 bits per heavy atom. The van der Waals surface area contributed by atoms with Crippen molar-refractivity contribution in [3.05, 3.63) is 76.4 Å². The van der Waals surface area contributed by atoms with E-state index in [2.05, 4.69) is 0 Å². The van der Waals surface area contributed by atoms with Crippen molar-refractivity contribution in [1.29, 1.82) is 0 Å². The molecule has 178 valence electrons. The Morgan fingerprint density at radius 2 is 1.82 bits per heavy atom. The number of hydrogen-bond acceptors (Lipinski definition) is 5. The van der Waals surface area contributed by atoms with Crippen molar-refractivity contribution >= 4 is 17.6 Å². The zero-order chi connectivity index (χ0) is 24.9. The number of ether oxygens (including phenoxy) is 1. The highest BCUT2D eigenvalue weighted by Gasteiger charge is 2.38. The summed E-state index contributed by atoms with van der Waals surface area (Å²) < 4.78 is 20.1. The van der Waals surface area contributed by atoms with Gasteiger partial charge in [-0.2, -0.15) is 0 Å². The molecular formula is C26H27FN2O5. The summed E-state index contributed by atoms with van der Waals surface area (Å²) in [5.41, 5.74) is 2.13. The summed E-state index contributed by atoms with van der Waals surface area (Å²) in [4.78, 5) is 27.3. The van der Waals surface area contributed by atoms with Crippen LogP contribution >= 0.6 is 0 Å². The van der Waals surface area contributed by atoms with Crippen LogP contribution in [-0.4, -0.2) is 44.5 Å². The molecule has 0 saturated carbocycles. The van der Waals surface area contributed by atoms with Crippen molar-refractivity contribution in [2.45, 2.75) is 46.3 Å². The zero-order valence-corrected chi connectivity index (χ0v) is 19.7. The van der Waals surface area contributed by atoms with E-state index in [1.165, 1.54) is 24.4 Å². The largest absolute Gasteiger partial charge is 0.465 e. The van der Waals surface area contributed by atoms with Gasteiger partial charge < -0.3 is 19.8 Å². The van der Waals surface area contributed by atoms with Crippen molar-refractivity contribution in [2.24, 2.45) is 0 Å².